The van der Waals surface area contributed by atoms with Crippen molar-refractivity contribution in [3.8, 4) is 0 Å². The number of carbonyl (C=O) groups excluding carboxylic acids is 1. The first-order valence-electron chi connectivity index (χ1n) is 8.43. The first-order valence-corrected chi connectivity index (χ1v) is 8.43. The molecular weight excluding hydrogens is 300 g/mol. The number of nitrogens with zero attached hydrogens (tertiary/aromatic N) is 4. The van der Waals surface area contributed by atoms with Crippen LogP contribution >= 0.6 is 0 Å². The zero-order valence-corrected chi connectivity index (χ0v) is 14.8. The molecule has 1 amide bonds. The number of aromatic nitrogens is 2. The van der Waals surface area contributed by atoms with Crippen LogP contribution in [0.5, 0.6) is 0 Å². The molecule has 0 fully saturated rings. The van der Waals surface area contributed by atoms with Gasteiger partial charge >= 0.3 is 0 Å². The molecule has 5 heteroatoms. The van der Waals surface area contributed by atoms with E-state index in [9.17, 15) is 4.79 Å². The van der Waals surface area contributed by atoms with Gasteiger partial charge in [0.05, 0.1) is 0 Å². The standard InChI is InChI=1S/C19H26N4O/c1-4-5-13-22(2)17-8-12-21-18(15-17)19(24)23(3)14-9-16-6-10-20-11-7-16/h6-8,10-12,15H,4-5,9,13-14H2,1-3H3. The summed E-state index contributed by atoms with van der Waals surface area (Å²) in [5.74, 6) is -0.0465. The SMILES string of the molecule is CCCCN(C)c1ccnc(C(=O)N(C)CCc2ccncc2)c1. The summed E-state index contributed by atoms with van der Waals surface area (Å²) < 4.78 is 0. The Bertz CT molecular complexity index is 645. The topological polar surface area (TPSA) is 49.3 Å². The molecule has 2 aromatic heterocycles. The van der Waals surface area contributed by atoms with E-state index in [1.165, 1.54) is 5.56 Å². The van der Waals surface area contributed by atoms with Gasteiger partial charge in [-0.15, -0.1) is 0 Å². The van der Waals surface area contributed by atoms with Crippen LogP contribution in [0, 0.1) is 0 Å². The van der Waals surface area contributed by atoms with Gasteiger partial charge in [-0.3, -0.25) is 14.8 Å². The molecule has 0 aliphatic rings. The summed E-state index contributed by atoms with van der Waals surface area (Å²) in [6, 6.07) is 7.77. The van der Waals surface area contributed by atoms with Gasteiger partial charge in [0.15, 0.2) is 0 Å². The molecule has 0 aliphatic heterocycles. The maximum atomic E-state index is 12.6. The lowest BCUT2D eigenvalue weighted by molar-refractivity contribution is 0.0791. The predicted molar refractivity (Wildman–Crippen MR) is 97.3 cm³/mol. The van der Waals surface area contributed by atoms with E-state index in [1.54, 1.807) is 23.5 Å². The fourth-order valence-corrected chi connectivity index (χ4v) is 2.44. The summed E-state index contributed by atoms with van der Waals surface area (Å²) >= 11 is 0. The van der Waals surface area contributed by atoms with Gasteiger partial charge in [-0.05, 0) is 42.7 Å². The summed E-state index contributed by atoms with van der Waals surface area (Å²) in [5.41, 5.74) is 2.70. The van der Waals surface area contributed by atoms with Crippen molar-refractivity contribution >= 4 is 11.6 Å². The molecule has 0 saturated carbocycles. The van der Waals surface area contributed by atoms with E-state index in [1.807, 2.05) is 38.4 Å². The Labute approximate surface area is 144 Å². The monoisotopic (exact) mass is 326 g/mol. The van der Waals surface area contributed by atoms with Crippen LogP contribution in [-0.2, 0) is 6.42 Å². The van der Waals surface area contributed by atoms with Gasteiger partial charge < -0.3 is 9.80 Å². The number of likely N-dealkylation sites (N-methyl/N-ethyl adjacent to an activating group) is 1. The Morgan fingerprint density at radius 1 is 1.08 bits per heavy atom. The normalized spacial score (nSPS) is 10.5. The van der Waals surface area contributed by atoms with Crippen LogP contribution in [0.15, 0.2) is 42.9 Å². The van der Waals surface area contributed by atoms with E-state index in [0.717, 1.165) is 31.5 Å². The third-order valence-electron chi connectivity index (χ3n) is 4.08. The van der Waals surface area contributed by atoms with Crippen molar-refractivity contribution in [2.75, 3.05) is 32.1 Å². The Balaban J connectivity index is 1.98. The molecule has 2 rings (SSSR count). The molecule has 0 atom stereocenters. The molecule has 5 nitrogen and oxygen atoms in total. The fraction of sp³-hybridized carbons (Fsp3) is 0.421. The van der Waals surface area contributed by atoms with Crippen LogP contribution in [0.3, 0.4) is 0 Å². The second kappa shape index (κ2) is 9.01. The highest BCUT2D eigenvalue weighted by Crippen LogP contribution is 2.15. The third-order valence-corrected chi connectivity index (χ3v) is 4.08. The number of anilines is 1. The molecule has 0 N–H and O–H groups in total. The largest absolute Gasteiger partial charge is 0.374 e. The first kappa shape index (κ1) is 17.9. The average molecular weight is 326 g/mol. The zero-order chi connectivity index (χ0) is 17.4. The number of hydrogen-bond acceptors (Lipinski definition) is 4. The Kier molecular flexibility index (Phi) is 6.73. The molecule has 24 heavy (non-hydrogen) atoms. The van der Waals surface area contributed by atoms with Gasteiger partial charge in [-0.2, -0.15) is 0 Å². The van der Waals surface area contributed by atoms with Gasteiger partial charge in [-0.1, -0.05) is 13.3 Å². The third kappa shape index (κ3) is 5.05. The van der Waals surface area contributed by atoms with E-state index >= 15 is 0 Å². The lowest BCUT2D eigenvalue weighted by atomic mass is 10.2. The molecule has 2 aromatic rings. The molecule has 0 bridgehead atoms. The summed E-state index contributed by atoms with van der Waals surface area (Å²) in [6.45, 7) is 3.81. The molecule has 0 aliphatic carbocycles. The van der Waals surface area contributed by atoms with Crippen molar-refractivity contribution in [2.24, 2.45) is 0 Å². The van der Waals surface area contributed by atoms with Gasteiger partial charge in [0, 0.05) is 51.5 Å². The van der Waals surface area contributed by atoms with E-state index in [4.69, 9.17) is 0 Å². The van der Waals surface area contributed by atoms with Crippen LogP contribution in [-0.4, -0.2) is 48.0 Å². The van der Waals surface area contributed by atoms with Crippen LogP contribution in [0.1, 0.15) is 35.8 Å². The highest BCUT2D eigenvalue weighted by molar-refractivity contribution is 5.93. The smallest absolute Gasteiger partial charge is 0.272 e. The summed E-state index contributed by atoms with van der Waals surface area (Å²) in [6.07, 6.45) is 8.35. The van der Waals surface area contributed by atoms with Crippen molar-refractivity contribution in [3.05, 3.63) is 54.1 Å². The van der Waals surface area contributed by atoms with E-state index in [2.05, 4.69) is 21.8 Å². The molecule has 128 valence electrons. The van der Waals surface area contributed by atoms with Crippen molar-refractivity contribution in [1.29, 1.82) is 0 Å². The van der Waals surface area contributed by atoms with E-state index in [-0.39, 0.29) is 5.91 Å². The van der Waals surface area contributed by atoms with Gasteiger partial charge in [0.1, 0.15) is 5.69 Å². The number of rotatable bonds is 8. The molecule has 0 unspecified atom stereocenters. The minimum absolute atomic E-state index is 0.0465. The maximum absolute atomic E-state index is 12.6. The highest BCUT2D eigenvalue weighted by atomic mass is 16.2. The number of unbranched alkanes of at least 4 members (excludes halogenated alkanes) is 1. The molecule has 0 radical (unpaired) electrons. The van der Waals surface area contributed by atoms with Crippen molar-refractivity contribution in [2.45, 2.75) is 26.2 Å². The van der Waals surface area contributed by atoms with Gasteiger partial charge in [-0.25, -0.2) is 0 Å². The van der Waals surface area contributed by atoms with E-state index in [0.29, 0.717) is 12.2 Å². The number of pyridine rings is 2. The van der Waals surface area contributed by atoms with Crippen LogP contribution < -0.4 is 4.90 Å². The second-order valence-electron chi connectivity index (χ2n) is 6.01. The van der Waals surface area contributed by atoms with Crippen LogP contribution in [0.2, 0.25) is 0 Å². The fourth-order valence-electron chi connectivity index (χ4n) is 2.44. The second-order valence-corrected chi connectivity index (χ2v) is 6.01. The Morgan fingerprint density at radius 3 is 2.54 bits per heavy atom. The van der Waals surface area contributed by atoms with E-state index < -0.39 is 0 Å². The number of amides is 1. The summed E-state index contributed by atoms with van der Waals surface area (Å²) in [4.78, 5) is 24.7. The van der Waals surface area contributed by atoms with Gasteiger partial charge in [0.25, 0.3) is 5.91 Å². The summed E-state index contributed by atoms with van der Waals surface area (Å²) in [7, 11) is 3.87. The first-order chi connectivity index (χ1) is 11.6. The average Bonchev–Trinajstić information content (AvgIpc) is 2.64. The Morgan fingerprint density at radius 2 is 1.83 bits per heavy atom. The minimum Gasteiger partial charge on any atom is -0.374 e. The van der Waals surface area contributed by atoms with Crippen LogP contribution in [0.4, 0.5) is 5.69 Å². The maximum Gasteiger partial charge on any atom is 0.272 e. The lowest BCUT2D eigenvalue weighted by Crippen LogP contribution is -2.30. The lowest BCUT2D eigenvalue weighted by Gasteiger charge is -2.21. The van der Waals surface area contributed by atoms with Crippen molar-refractivity contribution in [1.82, 2.24) is 14.9 Å². The van der Waals surface area contributed by atoms with Crippen LogP contribution in [0.25, 0.3) is 0 Å². The summed E-state index contributed by atoms with van der Waals surface area (Å²) in [5, 5.41) is 0. The minimum atomic E-state index is -0.0465. The molecule has 0 saturated heterocycles. The number of carbonyl (C=O) groups is 1. The highest BCUT2D eigenvalue weighted by Gasteiger charge is 2.14. The van der Waals surface area contributed by atoms with Gasteiger partial charge in [0.2, 0.25) is 0 Å². The Hall–Kier alpha value is -2.43. The molecular formula is C19H26N4O. The number of hydrogen-bond donors (Lipinski definition) is 0. The molecule has 0 spiro atoms. The predicted octanol–water partition coefficient (Wildman–Crippen LogP) is 3.03. The molecule has 0 aromatic carbocycles. The molecule has 2 heterocycles. The van der Waals surface area contributed by atoms with Crippen molar-refractivity contribution in [3.63, 3.8) is 0 Å². The zero-order valence-electron chi connectivity index (χ0n) is 14.8. The quantitative estimate of drug-likeness (QED) is 0.748. The van der Waals surface area contributed by atoms with Crippen molar-refractivity contribution < 1.29 is 4.79 Å².